The summed E-state index contributed by atoms with van der Waals surface area (Å²) in [6.07, 6.45) is 8.95. The number of aliphatic hydroxyl groups is 1. The number of hydrogen-bond acceptors (Lipinski definition) is 3. The number of ether oxygens (including phenoxy) is 1. The molecule has 1 spiro atoms. The largest absolute Gasteiger partial charge is 0.392 e. The van der Waals surface area contributed by atoms with E-state index in [9.17, 15) is 9.50 Å². The second-order valence-corrected chi connectivity index (χ2v) is 8.64. The first-order valence-electron chi connectivity index (χ1n) is 10.6. The Morgan fingerprint density at radius 1 is 1.10 bits per heavy atom. The molecule has 152 valence electrons. The van der Waals surface area contributed by atoms with Crippen molar-refractivity contribution in [2.45, 2.75) is 49.9 Å². The van der Waals surface area contributed by atoms with E-state index < -0.39 is 0 Å². The van der Waals surface area contributed by atoms with Crippen LogP contribution in [0.3, 0.4) is 0 Å². The summed E-state index contributed by atoms with van der Waals surface area (Å²) < 4.78 is 21.7. The van der Waals surface area contributed by atoms with Gasteiger partial charge in [0.1, 0.15) is 17.0 Å². The molecule has 2 atom stereocenters. The lowest BCUT2D eigenvalue weighted by Gasteiger charge is -2.20. The Morgan fingerprint density at radius 3 is 2.70 bits per heavy atom. The highest BCUT2D eigenvalue weighted by atomic mass is 19.1. The van der Waals surface area contributed by atoms with Crippen LogP contribution in [0.4, 0.5) is 4.39 Å². The molecule has 30 heavy (non-hydrogen) atoms. The lowest BCUT2D eigenvalue weighted by Crippen LogP contribution is -2.27. The highest BCUT2D eigenvalue weighted by molar-refractivity contribution is 5.66. The molecule has 2 aromatic carbocycles. The predicted octanol–water partition coefficient (Wildman–Crippen LogP) is 4.38. The fourth-order valence-electron chi connectivity index (χ4n) is 5.53. The van der Waals surface area contributed by atoms with E-state index in [1.165, 1.54) is 28.8 Å². The first kappa shape index (κ1) is 18.0. The van der Waals surface area contributed by atoms with Gasteiger partial charge in [0, 0.05) is 12.0 Å². The van der Waals surface area contributed by atoms with Gasteiger partial charge in [-0.3, -0.25) is 0 Å². The molecule has 1 unspecified atom stereocenters. The number of aromatic nitrogens is 2. The highest BCUT2D eigenvalue weighted by Gasteiger charge is 2.74. The van der Waals surface area contributed by atoms with Gasteiger partial charge in [-0.1, -0.05) is 24.3 Å². The van der Waals surface area contributed by atoms with Gasteiger partial charge in [0.25, 0.3) is 0 Å². The van der Waals surface area contributed by atoms with E-state index in [-0.39, 0.29) is 23.6 Å². The molecule has 1 N–H and O–H groups in total. The van der Waals surface area contributed by atoms with Crippen molar-refractivity contribution in [1.82, 2.24) is 9.78 Å². The molecule has 0 radical (unpaired) electrons. The van der Waals surface area contributed by atoms with E-state index in [2.05, 4.69) is 17.2 Å². The van der Waals surface area contributed by atoms with Gasteiger partial charge in [0.05, 0.1) is 24.2 Å². The van der Waals surface area contributed by atoms with E-state index in [0.29, 0.717) is 0 Å². The number of aliphatic hydroxyl groups excluding tert-OH is 1. The third kappa shape index (κ3) is 2.49. The summed E-state index contributed by atoms with van der Waals surface area (Å²) in [7, 11) is 0. The van der Waals surface area contributed by atoms with Crippen molar-refractivity contribution in [3.05, 3.63) is 88.5 Å². The van der Waals surface area contributed by atoms with Crippen molar-refractivity contribution >= 4 is 6.08 Å². The number of nitrogens with zero attached hydrogens (tertiary/aromatic N) is 2. The zero-order valence-electron chi connectivity index (χ0n) is 16.6. The van der Waals surface area contributed by atoms with Crippen LogP contribution in [0.1, 0.15) is 41.6 Å². The summed E-state index contributed by atoms with van der Waals surface area (Å²) in [6, 6.07) is 14.6. The van der Waals surface area contributed by atoms with Crippen molar-refractivity contribution in [2.24, 2.45) is 0 Å². The number of benzene rings is 2. The van der Waals surface area contributed by atoms with E-state index in [1.54, 1.807) is 12.1 Å². The van der Waals surface area contributed by atoms with Gasteiger partial charge < -0.3 is 9.84 Å². The summed E-state index contributed by atoms with van der Waals surface area (Å²) in [5, 5.41) is 14.2. The van der Waals surface area contributed by atoms with Crippen molar-refractivity contribution in [3.63, 3.8) is 0 Å². The molecule has 3 aliphatic rings. The highest BCUT2D eigenvalue weighted by Crippen LogP contribution is 2.67. The summed E-state index contributed by atoms with van der Waals surface area (Å²) in [4.78, 5) is 0. The summed E-state index contributed by atoms with van der Waals surface area (Å²) >= 11 is 0. The molecule has 5 heteroatoms. The van der Waals surface area contributed by atoms with Crippen LogP contribution in [-0.2, 0) is 24.2 Å². The zero-order valence-corrected chi connectivity index (χ0v) is 16.6. The average molecular weight is 402 g/mol. The third-order valence-corrected chi connectivity index (χ3v) is 7.18. The smallest absolute Gasteiger partial charge is 0.123 e. The van der Waals surface area contributed by atoms with Crippen molar-refractivity contribution in [3.8, 4) is 5.69 Å². The average Bonchev–Trinajstić information content (AvgIpc) is 3.04. The Morgan fingerprint density at radius 2 is 1.90 bits per heavy atom. The van der Waals surface area contributed by atoms with Crippen LogP contribution in [0.15, 0.2) is 60.3 Å². The van der Waals surface area contributed by atoms with Gasteiger partial charge in [0.15, 0.2) is 0 Å². The van der Waals surface area contributed by atoms with Gasteiger partial charge in [-0.05, 0) is 72.7 Å². The van der Waals surface area contributed by atoms with Crippen molar-refractivity contribution in [1.29, 1.82) is 0 Å². The lowest BCUT2D eigenvalue weighted by molar-refractivity contribution is 0.234. The Labute approximate surface area is 174 Å². The first-order chi connectivity index (χ1) is 14.6. The summed E-state index contributed by atoms with van der Waals surface area (Å²) in [5.41, 5.74) is 6.41. The molecular weight excluding hydrogens is 379 g/mol. The van der Waals surface area contributed by atoms with Crippen molar-refractivity contribution in [2.75, 3.05) is 0 Å². The maximum atomic E-state index is 13.3. The first-order valence-corrected chi connectivity index (χ1v) is 10.6. The quantitative estimate of drug-likeness (QED) is 0.645. The van der Waals surface area contributed by atoms with Crippen LogP contribution < -0.4 is 0 Å². The molecule has 1 saturated heterocycles. The number of hydrogen-bond donors (Lipinski definition) is 1. The van der Waals surface area contributed by atoms with Crippen LogP contribution >= 0.6 is 0 Å². The van der Waals surface area contributed by atoms with Gasteiger partial charge in [-0.2, -0.15) is 5.10 Å². The second kappa shape index (κ2) is 6.37. The minimum absolute atomic E-state index is 0.0757. The van der Waals surface area contributed by atoms with Crippen LogP contribution in [0.5, 0.6) is 0 Å². The summed E-state index contributed by atoms with van der Waals surface area (Å²) in [5.74, 6) is -0.244. The number of aryl methyl sites for hydroxylation is 1. The predicted molar refractivity (Wildman–Crippen MR) is 112 cm³/mol. The molecule has 0 amide bonds. The Bertz CT molecular complexity index is 1170. The van der Waals surface area contributed by atoms with Crippen LogP contribution in [0.25, 0.3) is 11.8 Å². The Hall–Kier alpha value is -2.76. The Kier molecular flexibility index (Phi) is 3.83. The molecule has 4 nitrogen and oxygen atoms in total. The van der Waals surface area contributed by atoms with Crippen LogP contribution in [-0.4, -0.2) is 26.1 Å². The molecule has 2 fully saturated rings. The minimum Gasteiger partial charge on any atom is -0.392 e. The molecular formula is C25H23FN2O2. The van der Waals surface area contributed by atoms with E-state index >= 15 is 0 Å². The number of halogens is 1. The third-order valence-electron chi connectivity index (χ3n) is 7.18. The van der Waals surface area contributed by atoms with E-state index in [0.717, 1.165) is 49.0 Å². The number of epoxide rings is 1. The normalized spacial score (nSPS) is 26.0. The minimum atomic E-state index is -0.244. The molecule has 3 aromatic rings. The fraction of sp³-hybridized carbons (Fsp3) is 0.320. The Balaban J connectivity index is 1.27. The second-order valence-electron chi connectivity index (χ2n) is 8.64. The molecule has 6 rings (SSSR count). The summed E-state index contributed by atoms with van der Waals surface area (Å²) in [6.45, 7) is 0.0757. The van der Waals surface area contributed by atoms with Crippen LogP contribution in [0.2, 0.25) is 0 Å². The van der Waals surface area contributed by atoms with Crippen LogP contribution in [0, 0.1) is 5.82 Å². The molecule has 1 aliphatic heterocycles. The van der Waals surface area contributed by atoms with Gasteiger partial charge in [-0.25, -0.2) is 9.07 Å². The molecule has 2 aliphatic carbocycles. The maximum absolute atomic E-state index is 13.3. The standard InChI is InChI=1S/C25H23FN2O2/c26-21-5-7-22(8-6-21)28-23-13-20-10-12-24(25(20,30-24)14-19(23)15-27-28)11-9-17-3-1-2-4-18(17)16-29/h1-8,13,15,29H,9-12,14,16H2/t24-,25?/m0/s1. The molecule has 0 bridgehead atoms. The lowest BCUT2D eigenvalue weighted by atomic mass is 9.81. The molecule has 1 saturated carbocycles. The topological polar surface area (TPSA) is 50.6 Å². The molecule has 1 aromatic heterocycles. The fourth-order valence-corrected chi connectivity index (χ4v) is 5.53. The SMILES string of the molecule is OCc1ccccc1CC[C@]12CCC3=Cc4c(cnn4-c4ccc(F)cc4)CC31O2. The van der Waals surface area contributed by atoms with E-state index in [1.807, 2.05) is 29.1 Å². The molecule has 2 heterocycles. The van der Waals surface area contributed by atoms with Crippen molar-refractivity contribution < 1.29 is 14.2 Å². The monoisotopic (exact) mass is 402 g/mol. The van der Waals surface area contributed by atoms with Gasteiger partial charge >= 0.3 is 0 Å². The van der Waals surface area contributed by atoms with Gasteiger partial charge in [-0.15, -0.1) is 0 Å². The van der Waals surface area contributed by atoms with E-state index in [4.69, 9.17) is 4.74 Å². The maximum Gasteiger partial charge on any atom is 0.123 e. The zero-order chi connectivity index (χ0) is 20.3. The van der Waals surface area contributed by atoms with Gasteiger partial charge in [0.2, 0.25) is 0 Å². The number of fused-ring (bicyclic) bond motifs is 1. The number of rotatable bonds is 5.